The zero-order chi connectivity index (χ0) is 19.5. The van der Waals surface area contributed by atoms with Gasteiger partial charge in [-0.3, -0.25) is 0 Å². The molecule has 0 aliphatic rings. The molecule has 0 radical (unpaired) electrons. The van der Waals surface area contributed by atoms with Gasteiger partial charge in [-0.15, -0.1) is 0 Å². The van der Waals surface area contributed by atoms with Crippen molar-refractivity contribution in [3.8, 4) is 0 Å². The van der Waals surface area contributed by atoms with Crippen molar-refractivity contribution < 1.29 is 14.7 Å². The number of nitrogens with one attached hydrogen (secondary N) is 1. The van der Waals surface area contributed by atoms with Crippen LogP contribution in [0.25, 0.3) is 0 Å². The lowest BCUT2D eigenvalue weighted by atomic mass is 10.0. The summed E-state index contributed by atoms with van der Waals surface area (Å²) in [5.74, 6) is -1.01. The molecule has 1 atom stereocenters. The van der Waals surface area contributed by atoms with E-state index in [0.717, 1.165) is 19.3 Å². The van der Waals surface area contributed by atoms with Crippen LogP contribution in [-0.2, 0) is 4.79 Å². The van der Waals surface area contributed by atoms with Gasteiger partial charge in [0, 0.05) is 0 Å². The van der Waals surface area contributed by atoms with E-state index in [1.807, 2.05) is 0 Å². The average Bonchev–Trinajstić information content (AvgIpc) is 2.59. The molecule has 26 heavy (non-hydrogen) atoms. The van der Waals surface area contributed by atoms with E-state index in [2.05, 4.69) is 12.2 Å². The Bertz CT molecular complexity index is 348. The summed E-state index contributed by atoms with van der Waals surface area (Å²) in [4.78, 5) is 21.7. The quantitative estimate of drug-likeness (QED) is 0.252. The van der Waals surface area contributed by atoms with E-state index in [1.54, 1.807) is 0 Å². The maximum atomic E-state index is 11.0. The van der Waals surface area contributed by atoms with Crippen molar-refractivity contribution in [3.05, 3.63) is 0 Å². The van der Waals surface area contributed by atoms with Gasteiger partial charge in [0.05, 0.1) is 0 Å². The fraction of sp³-hybridized carbons (Fsp3) is 0.905. The first-order valence-electron chi connectivity index (χ1n) is 10.9. The molecule has 0 aromatic rings. The zero-order valence-corrected chi connectivity index (χ0v) is 16.9. The summed E-state index contributed by atoms with van der Waals surface area (Å²) in [6.45, 7) is 2.26. The van der Waals surface area contributed by atoms with Crippen LogP contribution in [0.4, 0.5) is 4.79 Å². The van der Waals surface area contributed by atoms with E-state index >= 15 is 0 Å². The molecule has 0 spiro atoms. The van der Waals surface area contributed by atoms with Gasteiger partial charge >= 0.3 is 12.0 Å². The molecule has 154 valence electrons. The minimum absolute atomic E-state index is 0.455. The van der Waals surface area contributed by atoms with Crippen molar-refractivity contribution in [1.29, 1.82) is 0 Å². The molecule has 0 heterocycles. The van der Waals surface area contributed by atoms with Gasteiger partial charge in [-0.1, -0.05) is 110 Å². The molecule has 1 unspecified atom stereocenters. The van der Waals surface area contributed by atoms with Crippen LogP contribution in [0.15, 0.2) is 0 Å². The molecule has 0 aliphatic heterocycles. The molecule has 0 rings (SSSR count). The summed E-state index contributed by atoms with van der Waals surface area (Å²) in [7, 11) is 0. The van der Waals surface area contributed by atoms with Crippen molar-refractivity contribution in [2.45, 2.75) is 122 Å². The van der Waals surface area contributed by atoms with Gasteiger partial charge in [0.15, 0.2) is 0 Å². The third-order valence-electron chi connectivity index (χ3n) is 4.96. The number of carboxylic acids is 1. The molecule has 0 aromatic heterocycles. The first-order valence-corrected chi connectivity index (χ1v) is 10.9. The number of rotatable bonds is 19. The van der Waals surface area contributed by atoms with E-state index in [4.69, 9.17) is 10.8 Å². The van der Waals surface area contributed by atoms with Gasteiger partial charge in [-0.2, -0.15) is 0 Å². The molecule has 0 fully saturated rings. The average molecular weight is 371 g/mol. The van der Waals surface area contributed by atoms with Crippen LogP contribution in [0.5, 0.6) is 0 Å². The van der Waals surface area contributed by atoms with Crippen molar-refractivity contribution in [2.75, 3.05) is 0 Å². The third kappa shape index (κ3) is 17.6. The molecule has 5 nitrogen and oxygen atoms in total. The Morgan fingerprint density at radius 2 is 1.08 bits per heavy atom. The highest BCUT2D eigenvalue weighted by molar-refractivity contribution is 5.81. The smallest absolute Gasteiger partial charge is 0.326 e. The number of urea groups is 1. The molecular weight excluding hydrogens is 328 g/mol. The van der Waals surface area contributed by atoms with E-state index in [9.17, 15) is 9.59 Å². The topological polar surface area (TPSA) is 92.4 Å². The molecule has 0 saturated carbocycles. The summed E-state index contributed by atoms with van der Waals surface area (Å²) in [5.41, 5.74) is 4.98. The summed E-state index contributed by atoms with van der Waals surface area (Å²) in [6, 6.07) is -1.62. The van der Waals surface area contributed by atoms with E-state index in [-0.39, 0.29) is 0 Å². The van der Waals surface area contributed by atoms with Gasteiger partial charge in [0.2, 0.25) is 0 Å². The van der Waals surface area contributed by atoms with E-state index < -0.39 is 18.0 Å². The van der Waals surface area contributed by atoms with E-state index in [1.165, 1.54) is 83.5 Å². The SMILES string of the molecule is CCCCCCCCCCCCCCCCCCC(NC(N)=O)C(=O)O. The van der Waals surface area contributed by atoms with Crippen LogP contribution in [0.3, 0.4) is 0 Å². The highest BCUT2D eigenvalue weighted by atomic mass is 16.4. The fourth-order valence-corrected chi connectivity index (χ4v) is 3.33. The third-order valence-corrected chi connectivity index (χ3v) is 4.96. The van der Waals surface area contributed by atoms with Gasteiger partial charge in [-0.05, 0) is 6.42 Å². The number of aliphatic carboxylic acids is 1. The van der Waals surface area contributed by atoms with Crippen molar-refractivity contribution >= 4 is 12.0 Å². The largest absolute Gasteiger partial charge is 0.480 e. The molecule has 5 heteroatoms. The Balaban J connectivity index is 3.26. The van der Waals surface area contributed by atoms with Gasteiger partial charge < -0.3 is 16.2 Å². The number of primary amides is 1. The van der Waals surface area contributed by atoms with Crippen LogP contribution in [-0.4, -0.2) is 23.1 Å². The maximum absolute atomic E-state index is 11.0. The normalized spacial score (nSPS) is 12.0. The molecule has 2 amide bonds. The molecule has 0 aromatic carbocycles. The number of unbranched alkanes of at least 4 members (excludes halogenated alkanes) is 15. The fourth-order valence-electron chi connectivity index (χ4n) is 3.33. The Kier molecular flexibility index (Phi) is 17.6. The summed E-state index contributed by atoms with van der Waals surface area (Å²) < 4.78 is 0. The lowest BCUT2D eigenvalue weighted by Gasteiger charge is -2.12. The standard InChI is InChI=1S/C21H42N2O3/c1-2-3-4-5-6-7-8-9-10-11-12-13-14-15-16-17-18-19(20(24)25)23-21(22)26/h19H,2-18H2,1H3,(H,24,25)(H3,22,23,26). The van der Waals surface area contributed by atoms with Crippen LogP contribution in [0.1, 0.15) is 116 Å². The second-order valence-corrected chi connectivity index (χ2v) is 7.49. The van der Waals surface area contributed by atoms with Gasteiger partial charge in [0.25, 0.3) is 0 Å². The number of hydrogen-bond acceptors (Lipinski definition) is 2. The first-order chi connectivity index (χ1) is 12.6. The van der Waals surface area contributed by atoms with Gasteiger partial charge in [-0.25, -0.2) is 9.59 Å². The second-order valence-electron chi connectivity index (χ2n) is 7.49. The van der Waals surface area contributed by atoms with E-state index in [0.29, 0.717) is 6.42 Å². The minimum atomic E-state index is -1.01. The number of nitrogens with two attached hydrogens (primary N) is 1. The number of carbonyl (C=O) groups excluding carboxylic acids is 1. The lowest BCUT2D eigenvalue weighted by Crippen LogP contribution is -2.43. The van der Waals surface area contributed by atoms with Crippen molar-refractivity contribution in [1.82, 2.24) is 5.32 Å². The Morgan fingerprint density at radius 3 is 1.38 bits per heavy atom. The minimum Gasteiger partial charge on any atom is -0.480 e. The predicted octanol–water partition coefficient (Wildman–Crippen LogP) is 5.76. The Hall–Kier alpha value is -1.26. The molecule has 0 bridgehead atoms. The maximum Gasteiger partial charge on any atom is 0.326 e. The van der Waals surface area contributed by atoms with Crippen LogP contribution in [0.2, 0.25) is 0 Å². The number of hydrogen-bond donors (Lipinski definition) is 3. The molecular formula is C21H42N2O3. The van der Waals surface area contributed by atoms with Gasteiger partial charge in [0.1, 0.15) is 6.04 Å². The van der Waals surface area contributed by atoms with Crippen LogP contribution < -0.4 is 11.1 Å². The van der Waals surface area contributed by atoms with Crippen LogP contribution in [0, 0.1) is 0 Å². The molecule has 0 saturated heterocycles. The van der Waals surface area contributed by atoms with Crippen LogP contribution >= 0.6 is 0 Å². The first kappa shape index (κ1) is 24.7. The Labute approximate surface area is 160 Å². The number of carboxylic acid groups (broad SMARTS) is 1. The highest BCUT2D eigenvalue weighted by Crippen LogP contribution is 2.14. The predicted molar refractivity (Wildman–Crippen MR) is 108 cm³/mol. The monoisotopic (exact) mass is 370 g/mol. The zero-order valence-electron chi connectivity index (χ0n) is 16.9. The Morgan fingerprint density at radius 1 is 0.731 bits per heavy atom. The number of amides is 2. The lowest BCUT2D eigenvalue weighted by molar-refractivity contribution is -0.139. The van der Waals surface area contributed by atoms with Crippen molar-refractivity contribution in [2.24, 2.45) is 5.73 Å². The molecule has 0 aliphatic carbocycles. The summed E-state index contributed by atoms with van der Waals surface area (Å²) in [5, 5.41) is 11.2. The summed E-state index contributed by atoms with van der Waals surface area (Å²) >= 11 is 0. The summed E-state index contributed by atoms with van der Waals surface area (Å²) in [6.07, 6.45) is 21.1. The van der Waals surface area contributed by atoms with Crippen molar-refractivity contribution in [3.63, 3.8) is 0 Å². The molecule has 4 N–H and O–H groups in total. The highest BCUT2D eigenvalue weighted by Gasteiger charge is 2.17. The number of carbonyl (C=O) groups is 2. The second kappa shape index (κ2) is 18.5.